The first-order valence-electron chi connectivity index (χ1n) is 7.47. The minimum absolute atomic E-state index is 0.0477. The van der Waals surface area contributed by atoms with E-state index in [1.165, 1.54) is 25.3 Å². The lowest BCUT2D eigenvalue weighted by Gasteiger charge is -2.16. The summed E-state index contributed by atoms with van der Waals surface area (Å²) in [6, 6.07) is 12.0. The lowest BCUT2D eigenvalue weighted by molar-refractivity contribution is -0.152. The summed E-state index contributed by atoms with van der Waals surface area (Å²) < 4.78 is 28.8. The van der Waals surface area contributed by atoms with Crippen LogP contribution >= 0.6 is 11.6 Å². The maximum Gasteiger partial charge on any atom is 0.355 e. The second-order valence-corrected chi connectivity index (χ2v) is 5.58. The number of hydrogen-bond acceptors (Lipinski definition) is 6. The van der Waals surface area contributed by atoms with E-state index in [4.69, 9.17) is 25.8 Å². The Bertz CT molecular complexity index is 881. The largest absolute Gasteiger partial charge is 0.497 e. The molecule has 0 unspecified atom stereocenters. The number of halogens is 2. The summed E-state index contributed by atoms with van der Waals surface area (Å²) in [4.78, 5) is 23.9. The first-order chi connectivity index (χ1) is 12.5. The number of carbonyl (C=O) groups excluding carboxylic acids is 2. The van der Waals surface area contributed by atoms with Crippen LogP contribution < -0.4 is 10.1 Å². The van der Waals surface area contributed by atoms with Gasteiger partial charge in [0, 0.05) is 5.69 Å². The zero-order valence-electron chi connectivity index (χ0n) is 13.5. The van der Waals surface area contributed by atoms with Crippen molar-refractivity contribution in [3.8, 4) is 5.75 Å². The second-order valence-electron chi connectivity index (χ2n) is 5.20. The van der Waals surface area contributed by atoms with Crippen LogP contribution in [-0.4, -0.2) is 25.3 Å². The highest BCUT2D eigenvalue weighted by Gasteiger charge is 2.37. The predicted octanol–water partition coefficient (Wildman–Crippen LogP) is 3.44. The van der Waals surface area contributed by atoms with Crippen LogP contribution in [-0.2, 0) is 14.3 Å². The smallest absolute Gasteiger partial charge is 0.355 e. The minimum atomic E-state index is -1.41. The van der Waals surface area contributed by atoms with Crippen molar-refractivity contribution >= 4 is 29.2 Å². The van der Waals surface area contributed by atoms with Gasteiger partial charge in [-0.25, -0.2) is 14.0 Å². The van der Waals surface area contributed by atoms with Crippen molar-refractivity contribution in [3.05, 3.63) is 70.6 Å². The van der Waals surface area contributed by atoms with Gasteiger partial charge >= 0.3 is 11.9 Å². The molecule has 8 heteroatoms. The zero-order chi connectivity index (χ0) is 18.7. The van der Waals surface area contributed by atoms with Crippen LogP contribution in [0.3, 0.4) is 0 Å². The topological polar surface area (TPSA) is 73.9 Å². The Hall–Kier alpha value is -3.06. The van der Waals surface area contributed by atoms with Crippen LogP contribution in [0.25, 0.3) is 0 Å². The van der Waals surface area contributed by atoms with Crippen LogP contribution in [0.1, 0.15) is 10.4 Å². The molecule has 0 radical (unpaired) electrons. The van der Waals surface area contributed by atoms with Gasteiger partial charge in [0.25, 0.3) is 6.29 Å². The quantitative estimate of drug-likeness (QED) is 0.805. The summed E-state index contributed by atoms with van der Waals surface area (Å²) in [6.07, 6.45) is -1.41. The standard InChI is InChI=1S/C18H13ClFNO5/c1-24-11-8-6-10(7-9-11)21-15-14(19)17(23)26-18(15)25-16(22)12-4-2-3-5-13(12)20/h2-9,18,21H,1H3/t18-/m1/s1. The van der Waals surface area contributed by atoms with Crippen molar-refractivity contribution in [1.82, 2.24) is 0 Å². The molecule has 26 heavy (non-hydrogen) atoms. The van der Waals surface area contributed by atoms with Gasteiger partial charge in [0.1, 0.15) is 17.3 Å². The van der Waals surface area contributed by atoms with Crippen molar-refractivity contribution in [2.45, 2.75) is 6.29 Å². The molecule has 134 valence electrons. The van der Waals surface area contributed by atoms with E-state index in [0.29, 0.717) is 11.4 Å². The fraction of sp³-hybridized carbons (Fsp3) is 0.111. The normalized spacial score (nSPS) is 16.3. The van der Waals surface area contributed by atoms with Crippen LogP contribution in [0, 0.1) is 5.82 Å². The van der Waals surface area contributed by atoms with Crippen molar-refractivity contribution in [2.75, 3.05) is 12.4 Å². The number of esters is 2. The number of benzene rings is 2. The zero-order valence-corrected chi connectivity index (χ0v) is 14.2. The minimum Gasteiger partial charge on any atom is -0.497 e. The summed E-state index contributed by atoms with van der Waals surface area (Å²) in [5.41, 5.74) is 0.325. The van der Waals surface area contributed by atoms with Crippen LogP contribution in [0.2, 0.25) is 0 Å². The summed E-state index contributed by atoms with van der Waals surface area (Å²) in [5.74, 6) is -1.95. The molecule has 2 aromatic carbocycles. The van der Waals surface area contributed by atoms with Crippen molar-refractivity contribution < 1.29 is 28.2 Å². The van der Waals surface area contributed by atoms with E-state index in [1.807, 2.05) is 0 Å². The van der Waals surface area contributed by atoms with Crippen molar-refractivity contribution in [2.24, 2.45) is 0 Å². The highest BCUT2D eigenvalue weighted by Crippen LogP contribution is 2.29. The van der Waals surface area contributed by atoms with E-state index in [0.717, 1.165) is 6.07 Å². The maximum absolute atomic E-state index is 13.7. The van der Waals surface area contributed by atoms with E-state index < -0.39 is 24.0 Å². The lowest BCUT2D eigenvalue weighted by atomic mass is 10.2. The van der Waals surface area contributed by atoms with E-state index >= 15 is 0 Å². The van der Waals surface area contributed by atoms with E-state index in [1.54, 1.807) is 24.3 Å². The molecule has 1 heterocycles. The van der Waals surface area contributed by atoms with Gasteiger partial charge in [-0.05, 0) is 36.4 Å². The van der Waals surface area contributed by atoms with E-state index in [9.17, 15) is 14.0 Å². The predicted molar refractivity (Wildman–Crippen MR) is 91.2 cm³/mol. The molecule has 1 aliphatic heterocycles. The Balaban J connectivity index is 1.79. The summed E-state index contributed by atoms with van der Waals surface area (Å²) in [6.45, 7) is 0. The van der Waals surface area contributed by atoms with E-state index in [-0.39, 0.29) is 16.3 Å². The Morgan fingerprint density at radius 2 is 1.88 bits per heavy atom. The van der Waals surface area contributed by atoms with Gasteiger partial charge in [0.05, 0.1) is 12.7 Å². The molecule has 3 rings (SSSR count). The van der Waals surface area contributed by atoms with Crippen LogP contribution in [0.5, 0.6) is 5.75 Å². The number of ether oxygens (including phenoxy) is 3. The molecule has 1 atom stereocenters. The molecule has 0 spiro atoms. The van der Waals surface area contributed by atoms with Crippen LogP contribution in [0.15, 0.2) is 59.3 Å². The third-order valence-electron chi connectivity index (χ3n) is 3.54. The van der Waals surface area contributed by atoms with Gasteiger partial charge in [-0.2, -0.15) is 0 Å². The number of anilines is 1. The number of methoxy groups -OCH3 is 1. The molecule has 0 aromatic heterocycles. The summed E-state index contributed by atoms with van der Waals surface area (Å²) in [7, 11) is 1.53. The highest BCUT2D eigenvalue weighted by atomic mass is 35.5. The van der Waals surface area contributed by atoms with E-state index in [2.05, 4.69) is 5.32 Å². The summed E-state index contributed by atoms with van der Waals surface area (Å²) >= 11 is 5.95. The molecule has 1 N–H and O–H groups in total. The molecule has 0 aliphatic carbocycles. The van der Waals surface area contributed by atoms with Gasteiger partial charge in [-0.15, -0.1) is 0 Å². The molecule has 6 nitrogen and oxygen atoms in total. The van der Waals surface area contributed by atoms with Crippen LogP contribution in [0.4, 0.5) is 10.1 Å². The van der Waals surface area contributed by atoms with Gasteiger partial charge in [-0.1, -0.05) is 23.7 Å². The molecule has 1 aliphatic rings. The number of hydrogen-bond donors (Lipinski definition) is 1. The fourth-order valence-corrected chi connectivity index (χ4v) is 2.42. The number of cyclic esters (lactones) is 1. The number of nitrogens with one attached hydrogen (secondary N) is 1. The molecule has 0 bridgehead atoms. The van der Waals surface area contributed by atoms with Gasteiger partial charge in [0.2, 0.25) is 0 Å². The molecule has 0 fully saturated rings. The third kappa shape index (κ3) is 3.62. The Kier molecular flexibility index (Phi) is 5.09. The first kappa shape index (κ1) is 17.8. The first-order valence-corrected chi connectivity index (χ1v) is 7.84. The molecule has 2 aromatic rings. The van der Waals surface area contributed by atoms with Crippen molar-refractivity contribution in [1.29, 1.82) is 0 Å². The molecule has 0 saturated heterocycles. The Morgan fingerprint density at radius 3 is 2.54 bits per heavy atom. The fourth-order valence-electron chi connectivity index (χ4n) is 2.24. The average molecular weight is 378 g/mol. The SMILES string of the molecule is COc1ccc(NC2=C(Cl)C(=O)O[C@H]2OC(=O)c2ccccc2F)cc1. The third-order valence-corrected chi connectivity index (χ3v) is 3.90. The van der Waals surface area contributed by atoms with Gasteiger partial charge in [-0.3, -0.25) is 0 Å². The number of rotatable bonds is 5. The Labute approximate surface area is 153 Å². The molecular formula is C18H13ClFNO5. The molecule has 0 amide bonds. The lowest BCUT2D eigenvalue weighted by Crippen LogP contribution is -2.24. The number of carbonyl (C=O) groups is 2. The highest BCUT2D eigenvalue weighted by molar-refractivity contribution is 6.42. The molecule has 0 saturated carbocycles. The Morgan fingerprint density at radius 1 is 1.19 bits per heavy atom. The molecular weight excluding hydrogens is 365 g/mol. The second kappa shape index (κ2) is 7.45. The summed E-state index contributed by atoms with van der Waals surface area (Å²) in [5, 5.41) is 2.61. The van der Waals surface area contributed by atoms with Crippen molar-refractivity contribution in [3.63, 3.8) is 0 Å². The van der Waals surface area contributed by atoms with Gasteiger partial charge < -0.3 is 19.5 Å². The average Bonchev–Trinajstić information content (AvgIpc) is 2.90. The van der Waals surface area contributed by atoms with Gasteiger partial charge in [0.15, 0.2) is 5.03 Å². The maximum atomic E-state index is 13.7. The monoisotopic (exact) mass is 377 g/mol.